The zero-order valence-corrected chi connectivity index (χ0v) is 14.7. The summed E-state index contributed by atoms with van der Waals surface area (Å²) in [6.07, 6.45) is 2.93. The second kappa shape index (κ2) is 14.4. The van der Waals surface area contributed by atoms with E-state index < -0.39 is 6.04 Å². The Kier molecular flexibility index (Phi) is 13.6. The Morgan fingerprint density at radius 1 is 0.826 bits per heavy atom. The highest BCUT2D eigenvalue weighted by atomic mass is 16.2. The Morgan fingerprint density at radius 3 is 2.04 bits per heavy atom. The van der Waals surface area contributed by atoms with Gasteiger partial charge in [-0.05, 0) is 53.4 Å². The van der Waals surface area contributed by atoms with E-state index in [4.69, 9.17) is 5.73 Å². The van der Waals surface area contributed by atoms with Gasteiger partial charge in [-0.1, -0.05) is 0 Å². The van der Waals surface area contributed by atoms with Crippen molar-refractivity contribution in [3.05, 3.63) is 0 Å². The maximum Gasteiger partial charge on any atom is 0.237 e. The van der Waals surface area contributed by atoms with Crippen molar-refractivity contribution in [2.75, 3.05) is 47.3 Å². The van der Waals surface area contributed by atoms with Gasteiger partial charge in [0.1, 0.15) is 0 Å². The van der Waals surface area contributed by atoms with Crippen LogP contribution in [-0.2, 0) is 9.59 Å². The third-order valence-corrected chi connectivity index (χ3v) is 3.59. The van der Waals surface area contributed by atoms with E-state index in [-0.39, 0.29) is 17.9 Å². The van der Waals surface area contributed by atoms with E-state index in [2.05, 4.69) is 26.6 Å². The van der Waals surface area contributed by atoms with Crippen LogP contribution in [0.15, 0.2) is 0 Å². The van der Waals surface area contributed by atoms with Crippen molar-refractivity contribution >= 4 is 11.8 Å². The van der Waals surface area contributed by atoms with Crippen molar-refractivity contribution in [1.82, 2.24) is 26.6 Å². The number of hydrogen-bond acceptors (Lipinski definition) is 6. The number of carbonyl (C=O) groups excluding carboxylic acids is 2. The van der Waals surface area contributed by atoms with Crippen LogP contribution in [0, 0.1) is 0 Å². The molecule has 0 heterocycles. The lowest BCUT2D eigenvalue weighted by Crippen LogP contribution is -2.45. The topological polar surface area (TPSA) is 120 Å². The van der Waals surface area contributed by atoms with Crippen LogP contribution in [0.4, 0.5) is 0 Å². The molecule has 0 radical (unpaired) electrons. The third kappa shape index (κ3) is 11.0. The first-order valence-electron chi connectivity index (χ1n) is 8.34. The fraction of sp³-hybridized carbons (Fsp3) is 0.867. The molecule has 2 atom stereocenters. The first-order chi connectivity index (χ1) is 11.1. The standard InChI is InChI=1S/C15H34N6O2/c1-17-8-4-6-12(16)14(22)20-9-5-7-13(19-3)15(23)21-11-10-18-2/h12-13,17-19H,4-11,16H2,1-3H3,(H,20,22)(H,21,23)/t12-,13+/m1/s1. The van der Waals surface area contributed by atoms with E-state index in [9.17, 15) is 9.59 Å². The van der Waals surface area contributed by atoms with Crippen LogP contribution >= 0.6 is 0 Å². The zero-order valence-electron chi connectivity index (χ0n) is 14.7. The second-order valence-corrected chi connectivity index (χ2v) is 5.52. The summed E-state index contributed by atoms with van der Waals surface area (Å²) in [7, 11) is 5.48. The molecule has 0 aromatic carbocycles. The normalized spacial score (nSPS) is 13.4. The molecule has 136 valence electrons. The molecule has 7 N–H and O–H groups in total. The number of nitrogens with one attached hydrogen (secondary N) is 5. The summed E-state index contributed by atoms with van der Waals surface area (Å²) in [5.41, 5.74) is 5.82. The van der Waals surface area contributed by atoms with Gasteiger partial charge in [-0.2, -0.15) is 0 Å². The fourth-order valence-electron chi connectivity index (χ4n) is 2.12. The van der Waals surface area contributed by atoms with Crippen LogP contribution < -0.4 is 32.3 Å². The van der Waals surface area contributed by atoms with Gasteiger partial charge in [0.2, 0.25) is 11.8 Å². The summed E-state index contributed by atoms with van der Waals surface area (Å²) in [6.45, 7) is 2.73. The van der Waals surface area contributed by atoms with Gasteiger partial charge in [0.25, 0.3) is 0 Å². The maximum absolute atomic E-state index is 11.9. The molecule has 0 aliphatic rings. The minimum atomic E-state index is -0.465. The number of nitrogens with two attached hydrogens (primary N) is 1. The minimum Gasteiger partial charge on any atom is -0.355 e. The summed E-state index contributed by atoms with van der Waals surface area (Å²) in [6, 6.07) is -0.707. The predicted octanol–water partition coefficient (Wildman–Crippen LogP) is -1.87. The van der Waals surface area contributed by atoms with E-state index in [1.165, 1.54) is 0 Å². The molecule has 0 fully saturated rings. The van der Waals surface area contributed by atoms with Crippen LogP contribution in [0.5, 0.6) is 0 Å². The van der Waals surface area contributed by atoms with E-state index in [1.807, 2.05) is 14.1 Å². The molecule has 0 unspecified atom stereocenters. The Morgan fingerprint density at radius 2 is 1.43 bits per heavy atom. The smallest absolute Gasteiger partial charge is 0.237 e. The van der Waals surface area contributed by atoms with Gasteiger partial charge in [-0.3, -0.25) is 9.59 Å². The van der Waals surface area contributed by atoms with Gasteiger partial charge < -0.3 is 32.3 Å². The lowest BCUT2D eigenvalue weighted by molar-refractivity contribution is -0.123. The molecule has 0 bridgehead atoms. The summed E-state index contributed by atoms with van der Waals surface area (Å²) in [5, 5.41) is 14.7. The average Bonchev–Trinajstić information content (AvgIpc) is 2.54. The molecule has 0 saturated heterocycles. The second-order valence-electron chi connectivity index (χ2n) is 5.52. The lowest BCUT2D eigenvalue weighted by atomic mass is 10.1. The van der Waals surface area contributed by atoms with Crippen molar-refractivity contribution in [2.24, 2.45) is 5.73 Å². The number of likely N-dealkylation sites (N-methyl/N-ethyl adjacent to an activating group) is 2. The minimum absolute atomic E-state index is 0.0159. The largest absolute Gasteiger partial charge is 0.355 e. The van der Waals surface area contributed by atoms with Gasteiger partial charge in [0.05, 0.1) is 12.1 Å². The number of carbonyl (C=O) groups is 2. The third-order valence-electron chi connectivity index (χ3n) is 3.59. The molecule has 0 rings (SSSR count). The summed E-state index contributed by atoms with van der Waals surface area (Å²) in [5.74, 6) is -0.140. The van der Waals surface area contributed by atoms with Crippen LogP contribution in [0.25, 0.3) is 0 Å². The monoisotopic (exact) mass is 330 g/mol. The summed E-state index contributed by atoms with van der Waals surface area (Å²) < 4.78 is 0. The average molecular weight is 330 g/mol. The van der Waals surface area contributed by atoms with Crippen LogP contribution in [-0.4, -0.2) is 71.2 Å². The first-order valence-corrected chi connectivity index (χ1v) is 8.34. The Balaban J connectivity index is 3.85. The molecular formula is C15H34N6O2. The molecular weight excluding hydrogens is 296 g/mol. The van der Waals surface area contributed by atoms with Crippen molar-refractivity contribution in [3.8, 4) is 0 Å². The van der Waals surface area contributed by atoms with E-state index in [0.717, 1.165) is 25.9 Å². The van der Waals surface area contributed by atoms with Crippen molar-refractivity contribution in [2.45, 2.75) is 37.8 Å². The molecule has 23 heavy (non-hydrogen) atoms. The van der Waals surface area contributed by atoms with Gasteiger partial charge in [-0.25, -0.2) is 0 Å². The molecule has 8 nitrogen and oxygen atoms in total. The van der Waals surface area contributed by atoms with Gasteiger partial charge in [0.15, 0.2) is 0 Å². The lowest BCUT2D eigenvalue weighted by Gasteiger charge is -2.17. The highest BCUT2D eigenvalue weighted by Crippen LogP contribution is 1.98. The molecule has 0 saturated carbocycles. The highest BCUT2D eigenvalue weighted by Gasteiger charge is 2.16. The summed E-state index contributed by atoms with van der Waals surface area (Å²) >= 11 is 0. The Hall–Kier alpha value is -1.22. The predicted molar refractivity (Wildman–Crippen MR) is 93.2 cm³/mol. The van der Waals surface area contributed by atoms with Crippen molar-refractivity contribution in [1.29, 1.82) is 0 Å². The zero-order chi connectivity index (χ0) is 17.5. The quantitative estimate of drug-likeness (QED) is 0.208. The number of amides is 2. The van der Waals surface area contributed by atoms with Crippen LogP contribution in [0.2, 0.25) is 0 Å². The van der Waals surface area contributed by atoms with Crippen molar-refractivity contribution < 1.29 is 9.59 Å². The Labute approximate surface area is 139 Å². The molecule has 0 spiro atoms. The first kappa shape index (κ1) is 21.8. The number of rotatable bonds is 14. The fourth-order valence-corrected chi connectivity index (χ4v) is 2.12. The van der Waals surface area contributed by atoms with E-state index in [1.54, 1.807) is 7.05 Å². The van der Waals surface area contributed by atoms with E-state index >= 15 is 0 Å². The SMILES string of the molecule is CNCCC[C@@H](N)C(=O)NCCC[C@H](NC)C(=O)NCCNC. The van der Waals surface area contributed by atoms with Gasteiger partial charge >= 0.3 is 0 Å². The van der Waals surface area contributed by atoms with Gasteiger partial charge in [0, 0.05) is 19.6 Å². The molecule has 8 heteroatoms. The molecule has 0 aromatic heterocycles. The highest BCUT2D eigenvalue weighted by molar-refractivity contribution is 5.82. The molecule has 0 aliphatic carbocycles. The molecule has 0 aromatic rings. The molecule has 2 amide bonds. The molecule has 0 aliphatic heterocycles. The maximum atomic E-state index is 11.9. The van der Waals surface area contributed by atoms with E-state index in [0.29, 0.717) is 25.9 Å². The Bertz CT molecular complexity index is 327. The summed E-state index contributed by atoms with van der Waals surface area (Å²) in [4.78, 5) is 23.7. The van der Waals surface area contributed by atoms with Crippen molar-refractivity contribution in [3.63, 3.8) is 0 Å². The number of hydrogen-bond donors (Lipinski definition) is 6. The van der Waals surface area contributed by atoms with Crippen LogP contribution in [0.3, 0.4) is 0 Å². The van der Waals surface area contributed by atoms with Gasteiger partial charge in [-0.15, -0.1) is 0 Å². The van der Waals surface area contributed by atoms with Crippen LogP contribution in [0.1, 0.15) is 25.7 Å².